The van der Waals surface area contributed by atoms with Gasteiger partial charge < -0.3 is 28.8 Å². The Kier molecular flexibility index (Phi) is 9.21. The zero-order chi connectivity index (χ0) is 23.6. The van der Waals surface area contributed by atoms with E-state index in [1.165, 1.54) is 0 Å². The number of methoxy groups -OCH3 is 1. The molecule has 180 valence electrons. The molecule has 6 nitrogen and oxygen atoms in total. The van der Waals surface area contributed by atoms with Crippen molar-refractivity contribution >= 4 is 0 Å². The van der Waals surface area contributed by atoms with E-state index in [2.05, 4.69) is 0 Å². The van der Waals surface area contributed by atoms with Gasteiger partial charge in [0.05, 0.1) is 26.4 Å². The largest absolute Gasteiger partial charge is 0.387 e. The quantitative estimate of drug-likeness (QED) is 0.461. The van der Waals surface area contributed by atoms with Crippen molar-refractivity contribution in [2.75, 3.05) is 13.7 Å². The molecule has 34 heavy (non-hydrogen) atoms. The molecule has 1 aliphatic rings. The van der Waals surface area contributed by atoms with E-state index in [-0.39, 0.29) is 6.61 Å². The average Bonchev–Trinajstić information content (AvgIpc) is 2.89. The number of benzene rings is 3. The van der Waals surface area contributed by atoms with E-state index in [9.17, 15) is 5.11 Å². The Bertz CT molecular complexity index is 952. The van der Waals surface area contributed by atoms with Crippen LogP contribution in [0.1, 0.15) is 16.7 Å². The Morgan fingerprint density at radius 2 is 1.15 bits per heavy atom. The van der Waals surface area contributed by atoms with E-state index in [4.69, 9.17) is 23.7 Å². The third-order valence-electron chi connectivity index (χ3n) is 5.82. The second-order valence-electron chi connectivity index (χ2n) is 8.29. The van der Waals surface area contributed by atoms with Gasteiger partial charge in [-0.3, -0.25) is 0 Å². The van der Waals surface area contributed by atoms with Crippen LogP contribution in [0.4, 0.5) is 0 Å². The molecule has 3 unspecified atom stereocenters. The summed E-state index contributed by atoms with van der Waals surface area (Å²) in [6.07, 6.45) is -3.56. The van der Waals surface area contributed by atoms with Crippen LogP contribution in [-0.4, -0.2) is 49.5 Å². The van der Waals surface area contributed by atoms with Crippen molar-refractivity contribution in [1.82, 2.24) is 0 Å². The molecule has 0 saturated carbocycles. The van der Waals surface area contributed by atoms with E-state index in [1.807, 2.05) is 91.0 Å². The first-order chi connectivity index (χ1) is 16.7. The number of aliphatic hydroxyl groups excluding tert-OH is 1. The van der Waals surface area contributed by atoms with Gasteiger partial charge >= 0.3 is 0 Å². The van der Waals surface area contributed by atoms with Crippen LogP contribution in [0.3, 0.4) is 0 Å². The lowest BCUT2D eigenvalue weighted by molar-refractivity contribution is -0.315. The molecule has 1 saturated heterocycles. The second-order valence-corrected chi connectivity index (χ2v) is 8.29. The smallest absolute Gasteiger partial charge is 0.186 e. The highest BCUT2D eigenvalue weighted by Crippen LogP contribution is 2.28. The molecule has 1 fully saturated rings. The molecule has 0 aromatic heterocycles. The minimum absolute atomic E-state index is 0.201. The summed E-state index contributed by atoms with van der Waals surface area (Å²) in [4.78, 5) is 0. The first-order valence-corrected chi connectivity index (χ1v) is 11.5. The van der Waals surface area contributed by atoms with Crippen molar-refractivity contribution < 1.29 is 28.8 Å². The van der Waals surface area contributed by atoms with Crippen molar-refractivity contribution in [2.24, 2.45) is 0 Å². The molecule has 0 amide bonds. The van der Waals surface area contributed by atoms with Crippen LogP contribution < -0.4 is 0 Å². The molecular weight excluding hydrogens is 432 g/mol. The highest BCUT2D eigenvalue weighted by Gasteiger charge is 2.47. The monoisotopic (exact) mass is 464 g/mol. The predicted molar refractivity (Wildman–Crippen MR) is 128 cm³/mol. The van der Waals surface area contributed by atoms with Gasteiger partial charge in [-0.15, -0.1) is 0 Å². The van der Waals surface area contributed by atoms with Crippen LogP contribution in [0, 0.1) is 0 Å². The summed E-state index contributed by atoms with van der Waals surface area (Å²) < 4.78 is 30.0. The van der Waals surface area contributed by atoms with E-state index in [1.54, 1.807) is 7.11 Å². The van der Waals surface area contributed by atoms with Gasteiger partial charge in [0, 0.05) is 7.11 Å². The normalized spacial score (nSPS) is 24.7. The fraction of sp³-hybridized carbons (Fsp3) is 0.357. The van der Waals surface area contributed by atoms with Crippen molar-refractivity contribution in [2.45, 2.75) is 50.5 Å². The molecule has 1 aliphatic heterocycles. The lowest BCUT2D eigenvalue weighted by atomic mass is 9.98. The molecule has 1 heterocycles. The Labute approximate surface area is 201 Å². The number of rotatable bonds is 11. The SMILES string of the molecule is CO[C@H]1OC(COCc2ccccc2)[C@H](O)C(OCc2ccccc2)C1OCc1ccccc1. The summed E-state index contributed by atoms with van der Waals surface area (Å²) in [6, 6.07) is 29.6. The zero-order valence-corrected chi connectivity index (χ0v) is 19.4. The van der Waals surface area contributed by atoms with Gasteiger partial charge in [0.1, 0.15) is 24.4 Å². The predicted octanol–water partition coefficient (Wildman–Crippen LogP) is 4.11. The number of hydrogen-bond acceptors (Lipinski definition) is 6. The molecule has 0 radical (unpaired) electrons. The summed E-state index contributed by atoms with van der Waals surface area (Å²) in [7, 11) is 1.57. The van der Waals surface area contributed by atoms with Gasteiger partial charge in [-0.1, -0.05) is 91.0 Å². The maximum atomic E-state index is 11.2. The van der Waals surface area contributed by atoms with Gasteiger partial charge in [0.2, 0.25) is 0 Å². The van der Waals surface area contributed by atoms with Crippen LogP contribution in [-0.2, 0) is 43.5 Å². The van der Waals surface area contributed by atoms with Gasteiger partial charge in [-0.05, 0) is 16.7 Å². The van der Waals surface area contributed by atoms with Crippen LogP contribution >= 0.6 is 0 Å². The van der Waals surface area contributed by atoms with Gasteiger partial charge in [-0.25, -0.2) is 0 Å². The fourth-order valence-electron chi connectivity index (χ4n) is 3.99. The molecule has 3 aromatic carbocycles. The lowest BCUT2D eigenvalue weighted by Crippen LogP contribution is -2.60. The van der Waals surface area contributed by atoms with Crippen molar-refractivity contribution in [3.63, 3.8) is 0 Å². The van der Waals surface area contributed by atoms with Gasteiger partial charge in [-0.2, -0.15) is 0 Å². The molecule has 0 spiro atoms. The maximum absolute atomic E-state index is 11.2. The van der Waals surface area contributed by atoms with Gasteiger partial charge in [0.25, 0.3) is 0 Å². The average molecular weight is 465 g/mol. The first kappa shape index (κ1) is 24.5. The zero-order valence-electron chi connectivity index (χ0n) is 19.4. The van der Waals surface area contributed by atoms with Crippen molar-refractivity contribution in [3.05, 3.63) is 108 Å². The number of aliphatic hydroxyl groups is 1. The summed E-state index contributed by atoms with van der Waals surface area (Å²) in [5.41, 5.74) is 3.08. The highest BCUT2D eigenvalue weighted by atomic mass is 16.7. The first-order valence-electron chi connectivity index (χ1n) is 11.5. The number of ether oxygens (including phenoxy) is 5. The molecule has 0 aliphatic carbocycles. The van der Waals surface area contributed by atoms with Crippen LogP contribution in [0.15, 0.2) is 91.0 Å². The topological polar surface area (TPSA) is 66.4 Å². The Balaban J connectivity index is 1.44. The molecule has 4 rings (SSSR count). The molecule has 5 atom stereocenters. The molecule has 0 bridgehead atoms. The lowest BCUT2D eigenvalue weighted by Gasteiger charge is -2.43. The summed E-state index contributed by atoms with van der Waals surface area (Å²) in [5, 5.41) is 11.2. The van der Waals surface area contributed by atoms with Crippen LogP contribution in [0.25, 0.3) is 0 Å². The summed E-state index contributed by atoms with van der Waals surface area (Å²) in [5.74, 6) is 0. The number of hydrogen-bond donors (Lipinski definition) is 1. The fourth-order valence-corrected chi connectivity index (χ4v) is 3.99. The van der Waals surface area contributed by atoms with E-state index >= 15 is 0 Å². The Morgan fingerprint density at radius 3 is 1.65 bits per heavy atom. The van der Waals surface area contributed by atoms with Crippen LogP contribution in [0.2, 0.25) is 0 Å². The van der Waals surface area contributed by atoms with Crippen molar-refractivity contribution in [3.8, 4) is 0 Å². The van der Waals surface area contributed by atoms with E-state index in [0.717, 1.165) is 16.7 Å². The third kappa shape index (κ3) is 6.73. The van der Waals surface area contributed by atoms with Crippen molar-refractivity contribution in [1.29, 1.82) is 0 Å². The van der Waals surface area contributed by atoms with E-state index in [0.29, 0.717) is 19.8 Å². The molecule has 1 N–H and O–H groups in total. The third-order valence-corrected chi connectivity index (χ3v) is 5.82. The maximum Gasteiger partial charge on any atom is 0.186 e. The van der Waals surface area contributed by atoms with Gasteiger partial charge in [0.15, 0.2) is 6.29 Å². The standard InChI is InChI=1S/C28H32O6/c1-30-28-27(33-19-23-15-9-4-10-16-23)26(32-18-22-13-7-3-8-14-22)25(29)24(34-28)20-31-17-21-11-5-2-6-12-21/h2-16,24-29H,17-20H2,1H3/t24?,25-,26?,27?,28-/m0/s1. The summed E-state index contributed by atoms with van der Waals surface area (Å²) >= 11 is 0. The highest BCUT2D eigenvalue weighted by molar-refractivity contribution is 5.15. The Morgan fingerprint density at radius 1 is 0.676 bits per heavy atom. The minimum Gasteiger partial charge on any atom is -0.387 e. The van der Waals surface area contributed by atoms with Crippen LogP contribution in [0.5, 0.6) is 0 Å². The Hall–Kier alpha value is -2.58. The second kappa shape index (κ2) is 12.8. The molecule has 6 heteroatoms. The minimum atomic E-state index is -0.952. The van der Waals surface area contributed by atoms with E-state index < -0.39 is 30.7 Å². The molecule has 3 aromatic rings. The summed E-state index contributed by atoms with van der Waals surface area (Å²) in [6.45, 7) is 1.31. The molecular formula is C28H32O6.